The van der Waals surface area contributed by atoms with Crippen molar-refractivity contribution in [1.29, 1.82) is 0 Å². The topological polar surface area (TPSA) is 72.7 Å². The van der Waals surface area contributed by atoms with E-state index >= 15 is 0 Å². The molecule has 4 fully saturated rings. The smallest absolute Gasteiger partial charge is 0.233 e. The number of tetrazole rings is 1. The minimum absolute atomic E-state index is 0.0305. The van der Waals surface area contributed by atoms with E-state index < -0.39 is 0 Å². The Morgan fingerprint density at radius 1 is 1.18 bits per heavy atom. The Morgan fingerprint density at radius 2 is 1.79 bits per heavy atom. The van der Waals surface area contributed by atoms with Crippen LogP contribution < -0.4 is 5.32 Å². The van der Waals surface area contributed by atoms with Crippen molar-refractivity contribution >= 4 is 29.3 Å². The third kappa shape index (κ3) is 3.43. The maximum absolute atomic E-state index is 13.0. The summed E-state index contributed by atoms with van der Waals surface area (Å²) in [6.07, 6.45) is 7.58. The highest BCUT2D eigenvalue weighted by Crippen LogP contribution is 2.55. The lowest BCUT2D eigenvalue weighted by Gasteiger charge is -2.57. The zero-order valence-electron chi connectivity index (χ0n) is 15.8. The first-order valence-electron chi connectivity index (χ1n) is 10.0. The number of hydrogen-bond acceptors (Lipinski definition) is 5. The molecule has 1 amide bonds. The van der Waals surface area contributed by atoms with Gasteiger partial charge in [0.2, 0.25) is 11.1 Å². The summed E-state index contributed by atoms with van der Waals surface area (Å²) in [7, 11) is 0. The van der Waals surface area contributed by atoms with Crippen LogP contribution in [-0.4, -0.2) is 36.9 Å². The first-order chi connectivity index (χ1) is 13.5. The number of hydrogen-bond donors (Lipinski definition) is 1. The maximum atomic E-state index is 13.0. The first-order valence-corrected chi connectivity index (χ1v) is 11.3. The predicted octanol–water partition coefficient (Wildman–Crippen LogP) is 3.88. The van der Waals surface area contributed by atoms with Gasteiger partial charge in [-0.15, -0.1) is 5.10 Å². The fourth-order valence-electron chi connectivity index (χ4n) is 5.84. The Balaban J connectivity index is 1.28. The van der Waals surface area contributed by atoms with Gasteiger partial charge in [0.15, 0.2) is 0 Å². The molecule has 1 N–H and O–H groups in total. The van der Waals surface area contributed by atoms with Crippen molar-refractivity contribution in [3.8, 4) is 5.69 Å². The number of carbonyl (C=O) groups is 1. The highest BCUT2D eigenvalue weighted by Gasteiger charge is 2.51. The molecule has 8 heteroatoms. The summed E-state index contributed by atoms with van der Waals surface area (Å²) in [5.41, 5.74) is 0.855. The normalized spacial score (nSPS) is 31.7. The van der Waals surface area contributed by atoms with Gasteiger partial charge in [0, 0.05) is 10.6 Å². The maximum Gasteiger partial charge on any atom is 0.233 e. The second-order valence-corrected chi connectivity index (χ2v) is 10.5. The number of halogens is 1. The second kappa shape index (κ2) is 7.02. The summed E-state index contributed by atoms with van der Waals surface area (Å²) in [6, 6.07) is 7.33. The predicted molar refractivity (Wildman–Crippen MR) is 109 cm³/mol. The lowest BCUT2D eigenvalue weighted by molar-refractivity contribution is -0.126. The van der Waals surface area contributed by atoms with Crippen LogP contribution in [0, 0.1) is 17.8 Å². The highest BCUT2D eigenvalue weighted by molar-refractivity contribution is 8.00. The van der Waals surface area contributed by atoms with Crippen molar-refractivity contribution in [2.75, 3.05) is 0 Å². The van der Waals surface area contributed by atoms with Crippen molar-refractivity contribution in [3.05, 3.63) is 29.3 Å². The molecule has 0 saturated heterocycles. The van der Waals surface area contributed by atoms with Crippen LogP contribution >= 0.6 is 23.4 Å². The zero-order valence-corrected chi connectivity index (χ0v) is 17.4. The highest BCUT2D eigenvalue weighted by atomic mass is 35.5. The molecule has 0 aliphatic heterocycles. The molecule has 0 spiro atoms. The Labute approximate surface area is 173 Å². The number of nitrogens with one attached hydrogen (secondary N) is 1. The average Bonchev–Trinajstić information content (AvgIpc) is 3.09. The standard InChI is InChI=1S/C20H24ClN5OS/c1-12(28-19-23-24-25-26(19)17-4-2-16(21)3-5-17)18(27)22-20-9-13-6-14(10-20)8-15(7-13)11-20/h2-5,12-15H,6-11H2,1H3,(H,22,27)/t12-,13?,14?,15?,20?/m1/s1. The fourth-order valence-corrected chi connectivity index (χ4v) is 6.77. The quantitative estimate of drug-likeness (QED) is 0.747. The van der Waals surface area contributed by atoms with Crippen LogP contribution in [0.25, 0.3) is 5.69 Å². The van der Waals surface area contributed by atoms with E-state index in [1.165, 1.54) is 31.0 Å². The molecular weight excluding hydrogens is 394 g/mol. The molecular formula is C20H24ClN5OS. The minimum Gasteiger partial charge on any atom is -0.350 e. The van der Waals surface area contributed by atoms with Gasteiger partial charge >= 0.3 is 0 Å². The Bertz CT molecular complexity index is 848. The molecule has 6 nitrogen and oxygen atoms in total. The van der Waals surface area contributed by atoms with Gasteiger partial charge in [-0.1, -0.05) is 23.4 Å². The number of thioether (sulfide) groups is 1. The van der Waals surface area contributed by atoms with Gasteiger partial charge in [0.05, 0.1) is 10.9 Å². The largest absolute Gasteiger partial charge is 0.350 e. The Kier molecular flexibility index (Phi) is 4.62. The van der Waals surface area contributed by atoms with Crippen LogP contribution in [0.1, 0.15) is 45.4 Å². The molecule has 28 heavy (non-hydrogen) atoms. The van der Waals surface area contributed by atoms with E-state index in [-0.39, 0.29) is 16.7 Å². The van der Waals surface area contributed by atoms with E-state index in [4.69, 9.17) is 11.6 Å². The van der Waals surface area contributed by atoms with E-state index in [1.54, 1.807) is 16.8 Å². The molecule has 4 aliphatic rings. The fraction of sp³-hybridized carbons (Fsp3) is 0.600. The molecule has 4 aliphatic carbocycles. The Morgan fingerprint density at radius 3 is 2.39 bits per heavy atom. The summed E-state index contributed by atoms with van der Waals surface area (Å²) >= 11 is 7.36. The molecule has 6 rings (SSSR count). The number of aromatic nitrogens is 4. The van der Waals surface area contributed by atoms with Gasteiger partial charge in [-0.2, -0.15) is 4.68 Å². The van der Waals surface area contributed by atoms with E-state index in [9.17, 15) is 4.79 Å². The van der Waals surface area contributed by atoms with Crippen molar-refractivity contribution in [1.82, 2.24) is 25.5 Å². The van der Waals surface area contributed by atoms with E-state index in [1.807, 2.05) is 19.1 Å². The Hall–Kier alpha value is -1.60. The van der Waals surface area contributed by atoms with Crippen molar-refractivity contribution in [2.24, 2.45) is 17.8 Å². The first kappa shape index (κ1) is 18.4. The number of rotatable bonds is 5. The third-order valence-electron chi connectivity index (χ3n) is 6.59. The summed E-state index contributed by atoms with van der Waals surface area (Å²) in [4.78, 5) is 13.0. The molecule has 0 radical (unpaired) electrons. The van der Waals surface area contributed by atoms with Gasteiger partial charge in [-0.25, -0.2) is 0 Å². The second-order valence-electron chi connectivity index (χ2n) is 8.80. The van der Waals surface area contributed by atoms with Gasteiger partial charge in [0.1, 0.15) is 0 Å². The van der Waals surface area contributed by atoms with E-state index in [0.29, 0.717) is 10.2 Å². The van der Waals surface area contributed by atoms with E-state index in [2.05, 4.69) is 20.8 Å². The van der Waals surface area contributed by atoms with Crippen molar-refractivity contribution in [2.45, 2.75) is 61.4 Å². The zero-order chi connectivity index (χ0) is 19.3. The van der Waals surface area contributed by atoms with Crippen LogP contribution in [0.4, 0.5) is 0 Å². The SMILES string of the molecule is C[C@@H](Sc1nnnn1-c1ccc(Cl)cc1)C(=O)NC12CC3CC(CC(C3)C1)C2. The van der Waals surface area contributed by atoms with Crippen LogP contribution in [-0.2, 0) is 4.79 Å². The summed E-state index contributed by atoms with van der Waals surface area (Å²) in [5.74, 6) is 2.53. The number of benzene rings is 1. The van der Waals surface area contributed by atoms with Crippen LogP contribution in [0.15, 0.2) is 29.4 Å². The van der Waals surface area contributed by atoms with E-state index in [0.717, 1.165) is 42.7 Å². The third-order valence-corrected chi connectivity index (χ3v) is 7.88. The monoisotopic (exact) mass is 417 g/mol. The molecule has 4 saturated carbocycles. The van der Waals surface area contributed by atoms with Crippen molar-refractivity contribution < 1.29 is 4.79 Å². The molecule has 148 valence electrons. The number of carbonyl (C=O) groups excluding carboxylic acids is 1. The van der Waals surface area contributed by atoms with Gasteiger partial charge in [-0.3, -0.25) is 4.79 Å². The average molecular weight is 418 g/mol. The summed E-state index contributed by atoms with van der Waals surface area (Å²) in [6.45, 7) is 1.93. The van der Waals surface area contributed by atoms with Crippen LogP contribution in [0.3, 0.4) is 0 Å². The molecule has 0 unspecified atom stereocenters. The molecule has 2 aromatic rings. The van der Waals surface area contributed by atoms with Gasteiger partial charge in [0.25, 0.3) is 0 Å². The lowest BCUT2D eigenvalue weighted by atomic mass is 9.53. The van der Waals surface area contributed by atoms with Gasteiger partial charge in [-0.05, 0) is 97.9 Å². The molecule has 4 bridgehead atoms. The molecule has 1 heterocycles. The summed E-state index contributed by atoms with van der Waals surface area (Å²) in [5, 5.41) is 16.4. The van der Waals surface area contributed by atoms with Gasteiger partial charge < -0.3 is 5.32 Å². The summed E-state index contributed by atoms with van der Waals surface area (Å²) < 4.78 is 1.65. The number of nitrogens with zero attached hydrogens (tertiary/aromatic N) is 4. The minimum atomic E-state index is -0.259. The lowest BCUT2D eigenvalue weighted by Crippen LogP contribution is -2.60. The van der Waals surface area contributed by atoms with Crippen LogP contribution in [0.5, 0.6) is 0 Å². The molecule has 1 atom stereocenters. The molecule has 1 aromatic heterocycles. The van der Waals surface area contributed by atoms with Crippen LogP contribution in [0.2, 0.25) is 5.02 Å². The molecule has 1 aromatic carbocycles. The van der Waals surface area contributed by atoms with Crippen molar-refractivity contribution in [3.63, 3.8) is 0 Å². The number of amides is 1.